The number of hydrogen-bond donors (Lipinski definition) is 0. The van der Waals surface area contributed by atoms with Gasteiger partial charge in [-0.2, -0.15) is 5.26 Å². The van der Waals surface area contributed by atoms with E-state index in [4.69, 9.17) is 5.26 Å². The maximum Gasteiger partial charge on any atom is 0.178 e. The first-order chi connectivity index (χ1) is 5.08. The zero-order valence-corrected chi connectivity index (χ0v) is 6.85. The van der Waals surface area contributed by atoms with E-state index >= 15 is 0 Å². The maximum atomic E-state index is 11.4. The van der Waals surface area contributed by atoms with Gasteiger partial charge in [-0.1, -0.05) is 19.9 Å². The van der Waals surface area contributed by atoms with Gasteiger partial charge in [-0.3, -0.25) is 4.79 Å². The van der Waals surface area contributed by atoms with Gasteiger partial charge in [0.05, 0.1) is 5.57 Å². The second kappa shape index (κ2) is 2.50. The highest BCUT2D eigenvalue weighted by atomic mass is 16.1. The largest absolute Gasteiger partial charge is 0.293 e. The smallest absolute Gasteiger partial charge is 0.178 e. The summed E-state index contributed by atoms with van der Waals surface area (Å²) >= 11 is 0. The zero-order chi connectivity index (χ0) is 8.48. The summed E-state index contributed by atoms with van der Waals surface area (Å²) in [6.45, 7) is 3.78. The lowest BCUT2D eigenvalue weighted by molar-refractivity contribution is -0.123. The van der Waals surface area contributed by atoms with Crippen LogP contribution in [0.1, 0.15) is 26.7 Å². The molecule has 1 aliphatic rings. The summed E-state index contributed by atoms with van der Waals surface area (Å²) in [6.07, 6.45) is 3.44. The van der Waals surface area contributed by atoms with Crippen molar-refractivity contribution in [3.8, 4) is 6.07 Å². The van der Waals surface area contributed by atoms with Crippen molar-refractivity contribution >= 4 is 5.78 Å². The summed E-state index contributed by atoms with van der Waals surface area (Å²) < 4.78 is 0. The van der Waals surface area contributed by atoms with Gasteiger partial charge in [-0.05, 0) is 12.8 Å². The Balaban J connectivity index is 2.97. The topological polar surface area (TPSA) is 40.9 Å². The number of hydrogen-bond acceptors (Lipinski definition) is 2. The molecular weight excluding hydrogens is 138 g/mol. The summed E-state index contributed by atoms with van der Waals surface area (Å²) in [6, 6.07) is 1.92. The van der Waals surface area contributed by atoms with Crippen LogP contribution in [-0.4, -0.2) is 5.78 Å². The van der Waals surface area contributed by atoms with E-state index in [1.165, 1.54) is 0 Å². The summed E-state index contributed by atoms with van der Waals surface area (Å²) in [5.41, 5.74) is 0.0149. The third-order valence-corrected chi connectivity index (χ3v) is 2.10. The Morgan fingerprint density at radius 2 is 2.27 bits per heavy atom. The van der Waals surface area contributed by atoms with Crippen LogP contribution in [0.15, 0.2) is 11.6 Å². The Hall–Kier alpha value is -1.10. The van der Waals surface area contributed by atoms with Gasteiger partial charge in [0.15, 0.2) is 5.78 Å². The summed E-state index contributed by atoms with van der Waals surface area (Å²) in [7, 11) is 0. The third-order valence-electron chi connectivity index (χ3n) is 2.10. The molecule has 0 aliphatic heterocycles. The highest BCUT2D eigenvalue weighted by molar-refractivity contribution is 6.03. The van der Waals surface area contributed by atoms with E-state index in [0.717, 1.165) is 12.8 Å². The summed E-state index contributed by atoms with van der Waals surface area (Å²) in [4.78, 5) is 11.4. The SMILES string of the molecule is CC1(C)CCC=C(C#N)C1=O. The van der Waals surface area contributed by atoms with E-state index in [-0.39, 0.29) is 11.2 Å². The molecule has 0 atom stereocenters. The van der Waals surface area contributed by atoms with Crippen LogP contribution in [0.2, 0.25) is 0 Å². The number of nitrogens with zero attached hydrogens (tertiary/aromatic N) is 1. The lowest BCUT2D eigenvalue weighted by atomic mass is 9.76. The zero-order valence-electron chi connectivity index (χ0n) is 6.85. The van der Waals surface area contributed by atoms with Gasteiger partial charge in [-0.15, -0.1) is 0 Å². The Morgan fingerprint density at radius 1 is 1.64 bits per heavy atom. The first-order valence-corrected chi connectivity index (χ1v) is 3.73. The highest BCUT2D eigenvalue weighted by Gasteiger charge is 2.32. The van der Waals surface area contributed by atoms with E-state index < -0.39 is 0 Å². The van der Waals surface area contributed by atoms with Crippen LogP contribution in [0.5, 0.6) is 0 Å². The van der Waals surface area contributed by atoms with E-state index in [9.17, 15) is 4.79 Å². The minimum absolute atomic E-state index is 0.00810. The third kappa shape index (κ3) is 1.32. The molecule has 1 rings (SSSR count). The van der Waals surface area contributed by atoms with Crippen LogP contribution < -0.4 is 0 Å². The molecule has 2 nitrogen and oxygen atoms in total. The maximum absolute atomic E-state index is 11.4. The fourth-order valence-corrected chi connectivity index (χ4v) is 1.24. The fourth-order valence-electron chi connectivity index (χ4n) is 1.24. The monoisotopic (exact) mass is 149 g/mol. The molecule has 0 saturated heterocycles. The molecule has 0 aromatic carbocycles. The van der Waals surface area contributed by atoms with Crippen molar-refractivity contribution < 1.29 is 4.79 Å². The van der Waals surface area contributed by atoms with Crippen LogP contribution in [-0.2, 0) is 4.79 Å². The minimum atomic E-state index is -0.320. The molecule has 1 aliphatic carbocycles. The van der Waals surface area contributed by atoms with Gasteiger partial charge < -0.3 is 0 Å². The van der Waals surface area contributed by atoms with Crippen molar-refractivity contribution in [2.24, 2.45) is 5.41 Å². The molecule has 0 radical (unpaired) electrons. The predicted molar refractivity (Wildman–Crippen MR) is 41.7 cm³/mol. The van der Waals surface area contributed by atoms with Crippen molar-refractivity contribution in [1.29, 1.82) is 5.26 Å². The van der Waals surface area contributed by atoms with E-state index in [0.29, 0.717) is 5.57 Å². The molecule has 0 bridgehead atoms. The minimum Gasteiger partial charge on any atom is -0.293 e. The van der Waals surface area contributed by atoms with Crippen LogP contribution in [0.4, 0.5) is 0 Å². The number of carbonyl (C=O) groups excluding carboxylic acids is 1. The fraction of sp³-hybridized carbons (Fsp3) is 0.556. The van der Waals surface area contributed by atoms with E-state index in [1.54, 1.807) is 6.08 Å². The van der Waals surface area contributed by atoms with E-state index in [1.807, 2.05) is 19.9 Å². The van der Waals surface area contributed by atoms with Gasteiger partial charge in [0, 0.05) is 5.41 Å². The second-order valence-electron chi connectivity index (χ2n) is 3.48. The second-order valence-corrected chi connectivity index (χ2v) is 3.48. The molecule has 0 amide bonds. The molecular formula is C9H11NO. The van der Waals surface area contributed by atoms with Crippen molar-refractivity contribution in [3.63, 3.8) is 0 Å². The molecule has 0 saturated carbocycles. The Labute approximate surface area is 66.5 Å². The molecule has 0 heterocycles. The standard InChI is InChI=1S/C9H11NO/c1-9(2)5-3-4-7(6-10)8(9)11/h4H,3,5H2,1-2H3. The van der Waals surface area contributed by atoms with Gasteiger partial charge in [-0.25, -0.2) is 0 Å². The van der Waals surface area contributed by atoms with Gasteiger partial charge in [0.1, 0.15) is 6.07 Å². The average molecular weight is 149 g/mol. The number of carbonyl (C=O) groups is 1. The van der Waals surface area contributed by atoms with Crippen molar-refractivity contribution in [3.05, 3.63) is 11.6 Å². The number of allylic oxidation sites excluding steroid dienone is 2. The molecule has 0 aromatic heterocycles. The normalized spacial score (nSPS) is 22.3. The summed E-state index contributed by atoms with van der Waals surface area (Å²) in [5, 5.41) is 8.55. The number of ketones is 1. The van der Waals surface area contributed by atoms with Gasteiger partial charge in [0.25, 0.3) is 0 Å². The highest BCUT2D eigenvalue weighted by Crippen LogP contribution is 2.31. The van der Waals surface area contributed by atoms with Crippen LogP contribution in [0.25, 0.3) is 0 Å². The lowest BCUT2D eigenvalue weighted by Gasteiger charge is -2.25. The predicted octanol–water partition coefficient (Wildman–Crippen LogP) is 1.83. The van der Waals surface area contributed by atoms with Crippen LogP contribution in [0.3, 0.4) is 0 Å². The van der Waals surface area contributed by atoms with Crippen LogP contribution in [0, 0.1) is 16.7 Å². The quantitative estimate of drug-likeness (QED) is 0.527. The molecule has 0 unspecified atom stereocenters. The first-order valence-electron chi connectivity index (χ1n) is 3.73. The average Bonchev–Trinajstić information content (AvgIpc) is 1.95. The van der Waals surface area contributed by atoms with E-state index in [2.05, 4.69) is 0 Å². The molecule has 11 heavy (non-hydrogen) atoms. The molecule has 0 spiro atoms. The molecule has 0 aromatic rings. The van der Waals surface area contributed by atoms with Gasteiger partial charge in [0.2, 0.25) is 0 Å². The summed E-state index contributed by atoms with van der Waals surface area (Å²) in [5.74, 6) is -0.00810. The van der Waals surface area contributed by atoms with Gasteiger partial charge >= 0.3 is 0 Å². The number of nitriles is 1. The Morgan fingerprint density at radius 3 is 2.73 bits per heavy atom. The molecule has 0 fully saturated rings. The molecule has 58 valence electrons. The van der Waals surface area contributed by atoms with Crippen molar-refractivity contribution in [2.75, 3.05) is 0 Å². The Kier molecular flexibility index (Phi) is 1.82. The number of rotatable bonds is 0. The van der Waals surface area contributed by atoms with Crippen molar-refractivity contribution in [2.45, 2.75) is 26.7 Å². The molecule has 2 heteroatoms. The van der Waals surface area contributed by atoms with Crippen LogP contribution >= 0.6 is 0 Å². The molecule has 0 N–H and O–H groups in total. The first kappa shape index (κ1) is 8.00. The lowest BCUT2D eigenvalue weighted by Crippen LogP contribution is -2.28. The van der Waals surface area contributed by atoms with Crippen molar-refractivity contribution in [1.82, 2.24) is 0 Å². The number of Topliss-reactive ketones (excluding diaryl/α,β-unsaturated/α-hetero) is 1. The Bertz CT molecular complexity index is 255.